The Morgan fingerprint density at radius 1 is 1.50 bits per heavy atom. The van der Waals surface area contributed by atoms with E-state index in [4.69, 9.17) is 4.42 Å². The first-order valence-electron chi connectivity index (χ1n) is 5.96. The van der Waals surface area contributed by atoms with Gasteiger partial charge in [0.15, 0.2) is 12.0 Å². The average Bonchev–Trinajstić information content (AvgIpc) is 3.07. The van der Waals surface area contributed by atoms with Crippen molar-refractivity contribution in [3.8, 4) is 0 Å². The van der Waals surface area contributed by atoms with E-state index >= 15 is 0 Å². The number of fused-ring (bicyclic) bond motifs is 1. The smallest absolute Gasteiger partial charge is 0.258 e. The van der Waals surface area contributed by atoms with Crippen molar-refractivity contribution in [2.45, 2.75) is 12.1 Å². The Balaban J connectivity index is 1.77. The van der Waals surface area contributed by atoms with Crippen LogP contribution in [0, 0.1) is 0 Å². The highest BCUT2D eigenvalue weighted by atomic mass is 32.2. The lowest BCUT2D eigenvalue weighted by atomic mass is 10.2. The molecule has 0 saturated heterocycles. The van der Waals surface area contributed by atoms with E-state index in [-0.39, 0.29) is 5.91 Å². The molecule has 1 amide bonds. The summed E-state index contributed by atoms with van der Waals surface area (Å²) in [6, 6.07) is 5.03. The fourth-order valence-corrected chi connectivity index (χ4v) is 2.20. The van der Waals surface area contributed by atoms with Crippen molar-refractivity contribution in [3.05, 3.63) is 30.2 Å². The minimum atomic E-state index is -0.279. The second kappa shape index (κ2) is 5.33. The first-order valence-corrected chi connectivity index (χ1v) is 6.94. The zero-order valence-electron chi connectivity index (χ0n) is 10.6. The molecule has 2 aromatic heterocycles. The van der Waals surface area contributed by atoms with Gasteiger partial charge in [0.2, 0.25) is 11.1 Å². The number of hydrogen-bond donors (Lipinski definition) is 2. The highest BCUT2D eigenvalue weighted by molar-refractivity contribution is 7.99. The van der Waals surface area contributed by atoms with Gasteiger partial charge in [-0.25, -0.2) is 10.1 Å². The van der Waals surface area contributed by atoms with Gasteiger partial charge in [0, 0.05) is 5.56 Å². The number of aromatic nitrogens is 4. The summed E-state index contributed by atoms with van der Waals surface area (Å²) in [7, 11) is 0. The summed E-state index contributed by atoms with van der Waals surface area (Å²) >= 11 is 1.49. The molecule has 0 spiro atoms. The number of aromatic amines is 1. The third-order valence-electron chi connectivity index (χ3n) is 2.56. The van der Waals surface area contributed by atoms with Gasteiger partial charge in [0.05, 0.1) is 0 Å². The molecular formula is C12H11N5O2S. The summed E-state index contributed by atoms with van der Waals surface area (Å²) in [4.78, 5) is 20.2. The number of oxazole rings is 1. The minimum absolute atomic E-state index is 0.279. The normalized spacial score (nSPS) is 10.8. The Labute approximate surface area is 118 Å². The Morgan fingerprint density at radius 2 is 2.40 bits per heavy atom. The Morgan fingerprint density at radius 3 is 3.25 bits per heavy atom. The summed E-state index contributed by atoms with van der Waals surface area (Å²) in [6.45, 7) is 2.01. The van der Waals surface area contributed by atoms with Gasteiger partial charge in [-0.2, -0.15) is 4.98 Å². The number of carbonyl (C=O) groups excluding carboxylic acids is 1. The molecular weight excluding hydrogens is 278 g/mol. The fourth-order valence-electron chi connectivity index (χ4n) is 1.67. The molecule has 2 N–H and O–H groups in total. The van der Waals surface area contributed by atoms with Crippen LogP contribution in [0.25, 0.3) is 11.1 Å². The van der Waals surface area contributed by atoms with Gasteiger partial charge in [-0.3, -0.25) is 10.1 Å². The van der Waals surface area contributed by atoms with Gasteiger partial charge in [-0.05, 0) is 24.0 Å². The fraction of sp³-hybridized carbons (Fsp3) is 0.167. The van der Waals surface area contributed by atoms with Crippen LogP contribution in [0.1, 0.15) is 17.3 Å². The molecule has 7 nitrogen and oxygen atoms in total. The highest BCUT2D eigenvalue weighted by Gasteiger charge is 2.11. The van der Waals surface area contributed by atoms with Crippen molar-refractivity contribution in [1.29, 1.82) is 0 Å². The van der Waals surface area contributed by atoms with Crippen LogP contribution in [0.2, 0.25) is 0 Å². The van der Waals surface area contributed by atoms with Crippen LogP contribution in [0.5, 0.6) is 0 Å². The number of H-pyrrole nitrogens is 1. The number of rotatable bonds is 4. The zero-order valence-corrected chi connectivity index (χ0v) is 11.4. The lowest BCUT2D eigenvalue weighted by Crippen LogP contribution is -2.12. The van der Waals surface area contributed by atoms with E-state index in [0.717, 1.165) is 5.75 Å². The van der Waals surface area contributed by atoms with Crippen LogP contribution in [-0.4, -0.2) is 31.8 Å². The zero-order chi connectivity index (χ0) is 13.9. The third kappa shape index (κ3) is 2.50. The topological polar surface area (TPSA) is 96.7 Å². The molecule has 8 heteroatoms. The monoisotopic (exact) mass is 289 g/mol. The van der Waals surface area contributed by atoms with Crippen LogP contribution >= 0.6 is 11.8 Å². The Hall–Kier alpha value is -2.35. The standard InChI is InChI=1S/C12H11N5O2S/c1-2-20-12-15-11(16-17-12)14-10(18)7-3-4-9-8(5-7)13-6-19-9/h3-6H,2H2,1H3,(H2,14,15,16,17,18). The molecule has 0 aliphatic rings. The maximum Gasteiger partial charge on any atom is 0.258 e. The van der Waals surface area contributed by atoms with E-state index < -0.39 is 0 Å². The van der Waals surface area contributed by atoms with Crippen LogP contribution in [0.15, 0.2) is 34.2 Å². The van der Waals surface area contributed by atoms with Gasteiger partial charge in [-0.15, -0.1) is 5.10 Å². The molecule has 20 heavy (non-hydrogen) atoms. The molecule has 3 aromatic rings. The van der Waals surface area contributed by atoms with Crippen molar-refractivity contribution in [2.24, 2.45) is 0 Å². The van der Waals surface area contributed by atoms with Gasteiger partial charge in [-0.1, -0.05) is 18.7 Å². The van der Waals surface area contributed by atoms with Gasteiger partial charge >= 0.3 is 0 Å². The lowest BCUT2D eigenvalue weighted by molar-refractivity contribution is 0.102. The maximum atomic E-state index is 12.1. The van der Waals surface area contributed by atoms with Crippen LogP contribution in [-0.2, 0) is 0 Å². The maximum absolute atomic E-state index is 12.1. The summed E-state index contributed by atoms with van der Waals surface area (Å²) in [6.07, 6.45) is 1.34. The number of nitrogens with one attached hydrogen (secondary N) is 2. The summed E-state index contributed by atoms with van der Waals surface area (Å²) in [5.74, 6) is 0.916. The Kier molecular flexibility index (Phi) is 3.38. The predicted octanol–water partition coefficient (Wildman–Crippen LogP) is 2.31. The molecule has 1 aromatic carbocycles. The molecule has 102 valence electrons. The second-order valence-corrected chi connectivity index (χ2v) is 5.12. The van der Waals surface area contributed by atoms with Gasteiger partial charge in [0.25, 0.3) is 5.91 Å². The average molecular weight is 289 g/mol. The van der Waals surface area contributed by atoms with Gasteiger partial charge < -0.3 is 4.42 Å². The van der Waals surface area contributed by atoms with Crippen LogP contribution < -0.4 is 5.32 Å². The first kappa shape index (κ1) is 12.7. The van der Waals surface area contributed by atoms with E-state index in [0.29, 0.717) is 27.8 Å². The number of nitrogens with zero attached hydrogens (tertiary/aromatic N) is 3. The van der Waals surface area contributed by atoms with E-state index in [1.165, 1.54) is 18.2 Å². The van der Waals surface area contributed by atoms with E-state index in [1.54, 1.807) is 18.2 Å². The van der Waals surface area contributed by atoms with Crippen molar-refractivity contribution < 1.29 is 9.21 Å². The SMILES string of the molecule is CCSc1n[nH]c(NC(=O)c2ccc3ocnc3c2)n1. The molecule has 0 aliphatic carbocycles. The van der Waals surface area contributed by atoms with Crippen molar-refractivity contribution in [1.82, 2.24) is 20.2 Å². The van der Waals surface area contributed by atoms with Crippen LogP contribution in [0.3, 0.4) is 0 Å². The van der Waals surface area contributed by atoms with E-state index in [2.05, 4.69) is 25.5 Å². The first-order chi connectivity index (χ1) is 9.76. The number of benzene rings is 1. The number of carbonyl (C=O) groups is 1. The molecule has 0 atom stereocenters. The molecule has 0 fully saturated rings. The summed E-state index contributed by atoms with van der Waals surface area (Å²) < 4.78 is 5.13. The number of hydrogen-bond acceptors (Lipinski definition) is 6. The van der Waals surface area contributed by atoms with Crippen molar-refractivity contribution in [2.75, 3.05) is 11.1 Å². The molecule has 0 unspecified atom stereocenters. The summed E-state index contributed by atoms with van der Waals surface area (Å²) in [5.41, 5.74) is 1.76. The highest BCUT2D eigenvalue weighted by Crippen LogP contribution is 2.16. The third-order valence-corrected chi connectivity index (χ3v) is 3.29. The van der Waals surface area contributed by atoms with Crippen LogP contribution in [0.4, 0.5) is 5.95 Å². The van der Waals surface area contributed by atoms with Gasteiger partial charge in [0.1, 0.15) is 5.52 Å². The number of thioether (sulfide) groups is 1. The lowest BCUT2D eigenvalue weighted by Gasteiger charge is -2.00. The predicted molar refractivity (Wildman–Crippen MR) is 74.7 cm³/mol. The molecule has 0 aliphatic heterocycles. The quantitative estimate of drug-likeness (QED) is 0.715. The minimum Gasteiger partial charge on any atom is -0.443 e. The van der Waals surface area contributed by atoms with Crippen molar-refractivity contribution >= 4 is 34.7 Å². The van der Waals surface area contributed by atoms with E-state index in [1.807, 2.05) is 6.92 Å². The molecule has 0 saturated carbocycles. The molecule has 2 heterocycles. The molecule has 0 radical (unpaired) electrons. The number of amides is 1. The largest absolute Gasteiger partial charge is 0.443 e. The number of anilines is 1. The summed E-state index contributed by atoms with van der Waals surface area (Å²) in [5, 5.41) is 9.91. The van der Waals surface area contributed by atoms with Crippen molar-refractivity contribution in [3.63, 3.8) is 0 Å². The van der Waals surface area contributed by atoms with E-state index in [9.17, 15) is 4.79 Å². The molecule has 0 bridgehead atoms. The molecule has 3 rings (SSSR count). The Bertz CT molecular complexity index is 751. The second-order valence-electron chi connectivity index (χ2n) is 3.89.